The minimum absolute atomic E-state index is 0.311. The van der Waals surface area contributed by atoms with Crippen LogP contribution in [-0.2, 0) is 0 Å². The number of hydrogen-bond acceptors (Lipinski definition) is 5. The van der Waals surface area contributed by atoms with Crippen LogP contribution in [-0.4, -0.2) is 23.2 Å². The van der Waals surface area contributed by atoms with Crippen LogP contribution >= 0.6 is 23.2 Å². The van der Waals surface area contributed by atoms with Crippen molar-refractivity contribution in [3.05, 3.63) is 64.0 Å². The third kappa shape index (κ3) is 4.89. The van der Waals surface area contributed by atoms with E-state index in [1.807, 2.05) is 45.0 Å². The molecule has 1 N–H and O–H groups in total. The Labute approximate surface area is 179 Å². The fraction of sp³-hybridized carbons (Fsp3) is 0.286. The van der Waals surface area contributed by atoms with Crippen LogP contribution in [0.15, 0.2) is 47.0 Å². The van der Waals surface area contributed by atoms with Crippen LogP contribution in [0.4, 0.5) is 0 Å². The number of amides is 1. The van der Waals surface area contributed by atoms with Crippen molar-refractivity contribution in [2.45, 2.75) is 26.8 Å². The van der Waals surface area contributed by atoms with Crippen molar-refractivity contribution >= 4 is 29.1 Å². The van der Waals surface area contributed by atoms with Crippen molar-refractivity contribution in [1.29, 1.82) is 0 Å². The van der Waals surface area contributed by atoms with Crippen LogP contribution in [0, 0.1) is 5.41 Å². The van der Waals surface area contributed by atoms with Gasteiger partial charge in [0.1, 0.15) is 11.8 Å². The van der Waals surface area contributed by atoms with Crippen LogP contribution in [0.2, 0.25) is 10.0 Å². The third-order valence-electron chi connectivity index (χ3n) is 4.36. The maximum atomic E-state index is 12.8. The lowest BCUT2D eigenvalue weighted by Crippen LogP contribution is -2.36. The van der Waals surface area contributed by atoms with Crippen molar-refractivity contribution in [3.63, 3.8) is 0 Å². The molecule has 0 aliphatic heterocycles. The minimum atomic E-state index is -0.510. The van der Waals surface area contributed by atoms with Gasteiger partial charge in [-0.15, -0.1) is 0 Å². The zero-order chi connectivity index (χ0) is 21.2. The fourth-order valence-corrected chi connectivity index (χ4v) is 3.01. The zero-order valence-electron chi connectivity index (χ0n) is 16.5. The SMILES string of the molecule is COc1ccc(-c2noc(C(NC(=O)c3ccc(Cl)c(Cl)c3)C(C)(C)C)n2)cc1. The summed E-state index contributed by atoms with van der Waals surface area (Å²) in [7, 11) is 1.60. The lowest BCUT2D eigenvalue weighted by atomic mass is 9.86. The van der Waals surface area contributed by atoms with Gasteiger partial charge in [-0.2, -0.15) is 4.98 Å². The van der Waals surface area contributed by atoms with Crippen LogP contribution in [0.3, 0.4) is 0 Å². The highest BCUT2D eigenvalue weighted by molar-refractivity contribution is 6.42. The van der Waals surface area contributed by atoms with E-state index in [1.54, 1.807) is 19.2 Å². The summed E-state index contributed by atoms with van der Waals surface area (Å²) in [5, 5.41) is 7.72. The number of aromatic nitrogens is 2. The summed E-state index contributed by atoms with van der Waals surface area (Å²) in [6.07, 6.45) is 0. The second kappa shape index (κ2) is 8.43. The Morgan fingerprint density at radius 3 is 2.38 bits per heavy atom. The molecule has 0 radical (unpaired) electrons. The van der Waals surface area contributed by atoms with E-state index in [-0.39, 0.29) is 11.3 Å². The van der Waals surface area contributed by atoms with Crippen molar-refractivity contribution in [3.8, 4) is 17.1 Å². The molecule has 3 aromatic rings. The average molecular weight is 434 g/mol. The van der Waals surface area contributed by atoms with E-state index in [1.165, 1.54) is 6.07 Å². The van der Waals surface area contributed by atoms with Crippen LogP contribution in [0.1, 0.15) is 43.1 Å². The Kier molecular flexibility index (Phi) is 6.15. The van der Waals surface area contributed by atoms with E-state index in [2.05, 4.69) is 15.5 Å². The molecule has 1 unspecified atom stereocenters. The zero-order valence-corrected chi connectivity index (χ0v) is 18.0. The molecule has 1 aromatic heterocycles. The predicted molar refractivity (Wildman–Crippen MR) is 112 cm³/mol. The summed E-state index contributed by atoms with van der Waals surface area (Å²) >= 11 is 12.0. The largest absolute Gasteiger partial charge is 0.497 e. The van der Waals surface area contributed by atoms with Gasteiger partial charge in [0.15, 0.2) is 0 Å². The Bertz CT molecular complexity index is 1010. The summed E-state index contributed by atoms with van der Waals surface area (Å²) in [6.45, 7) is 5.93. The van der Waals surface area contributed by atoms with Crippen molar-refractivity contribution in [2.75, 3.05) is 7.11 Å². The molecule has 0 aliphatic rings. The predicted octanol–water partition coefficient (Wildman–Crippen LogP) is 5.57. The lowest BCUT2D eigenvalue weighted by Gasteiger charge is -2.28. The summed E-state index contributed by atoms with van der Waals surface area (Å²) in [6, 6.07) is 11.5. The normalized spacial score (nSPS) is 12.5. The van der Waals surface area contributed by atoms with E-state index in [9.17, 15) is 4.79 Å². The average Bonchev–Trinajstić information content (AvgIpc) is 3.16. The molecule has 2 aromatic carbocycles. The number of carbonyl (C=O) groups excluding carboxylic acids is 1. The van der Waals surface area contributed by atoms with Gasteiger partial charge in [-0.3, -0.25) is 4.79 Å². The standard InChI is InChI=1S/C21H21Cl2N3O3/c1-21(2,3)17(24-19(27)13-7-10-15(22)16(23)11-13)20-25-18(26-29-20)12-5-8-14(28-4)9-6-12/h5-11,17H,1-4H3,(H,24,27). The second-order valence-corrected chi connectivity index (χ2v) is 8.40. The minimum Gasteiger partial charge on any atom is -0.497 e. The Balaban J connectivity index is 1.86. The van der Waals surface area contributed by atoms with Gasteiger partial charge < -0.3 is 14.6 Å². The first-order valence-electron chi connectivity index (χ1n) is 8.93. The second-order valence-electron chi connectivity index (χ2n) is 7.59. The van der Waals surface area contributed by atoms with Gasteiger partial charge in [0, 0.05) is 11.1 Å². The van der Waals surface area contributed by atoms with E-state index < -0.39 is 6.04 Å². The molecule has 0 spiro atoms. The lowest BCUT2D eigenvalue weighted by molar-refractivity contribution is 0.0881. The Morgan fingerprint density at radius 1 is 1.10 bits per heavy atom. The van der Waals surface area contributed by atoms with E-state index in [0.717, 1.165) is 11.3 Å². The first kappa shape index (κ1) is 21.1. The molecule has 8 heteroatoms. The number of hydrogen-bond donors (Lipinski definition) is 1. The van der Waals surface area contributed by atoms with Crippen LogP contribution in [0.25, 0.3) is 11.4 Å². The van der Waals surface area contributed by atoms with Crippen molar-refractivity contribution < 1.29 is 14.1 Å². The highest BCUT2D eigenvalue weighted by Crippen LogP contribution is 2.33. The molecular weight excluding hydrogens is 413 g/mol. The molecule has 1 heterocycles. The van der Waals surface area contributed by atoms with Gasteiger partial charge >= 0.3 is 0 Å². The number of rotatable bonds is 5. The molecule has 3 rings (SSSR count). The van der Waals surface area contributed by atoms with E-state index >= 15 is 0 Å². The van der Waals surface area contributed by atoms with Gasteiger partial charge in [0.25, 0.3) is 5.91 Å². The highest BCUT2D eigenvalue weighted by Gasteiger charge is 2.33. The molecule has 1 amide bonds. The highest BCUT2D eigenvalue weighted by atomic mass is 35.5. The number of benzene rings is 2. The number of nitrogens with one attached hydrogen (secondary N) is 1. The first-order valence-corrected chi connectivity index (χ1v) is 9.68. The third-order valence-corrected chi connectivity index (χ3v) is 5.10. The molecule has 0 saturated heterocycles. The van der Waals surface area contributed by atoms with Crippen molar-refractivity contribution in [1.82, 2.24) is 15.5 Å². The maximum absolute atomic E-state index is 12.8. The summed E-state index contributed by atoms with van der Waals surface area (Å²) in [4.78, 5) is 17.3. The number of methoxy groups -OCH3 is 1. The monoisotopic (exact) mass is 433 g/mol. The molecule has 0 saturated carbocycles. The van der Waals surface area contributed by atoms with Gasteiger partial charge in [0.2, 0.25) is 11.7 Å². The molecule has 152 valence electrons. The molecule has 0 aliphatic carbocycles. The molecule has 1 atom stereocenters. The fourth-order valence-electron chi connectivity index (χ4n) is 2.71. The molecule has 0 fully saturated rings. The molecule has 6 nitrogen and oxygen atoms in total. The smallest absolute Gasteiger partial charge is 0.252 e. The van der Waals surface area contributed by atoms with Gasteiger partial charge in [-0.1, -0.05) is 49.1 Å². The first-order chi connectivity index (χ1) is 13.7. The van der Waals surface area contributed by atoms with Gasteiger partial charge in [-0.05, 0) is 47.9 Å². The van der Waals surface area contributed by atoms with Gasteiger partial charge in [-0.25, -0.2) is 0 Å². The molecule has 29 heavy (non-hydrogen) atoms. The number of nitrogens with zero attached hydrogens (tertiary/aromatic N) is 2. The van der Waals surface area contributed by atoms with E-state index in [0.29, 0.717) is 27.3 Å². The summed E-state index contributed by atoms with van der Waals surface area (Å²) < 4.78 is 10.7. The van der Waals surface area contributed by atoms with Gasteiger partial charge in [0.05, 0.1) is 17.2 Å². The van der Waals surface area contributed by atoms with Crippen LogP contribution in [0.5, 0.6) is 5.75 Å². The molecule has 0 bridgehead atoms. The summed E-state index contributed by atoms with van der Waals surface area (Å²) in [5.74, 6) is 1.17. The van der Waals surface area contributed by atoms with Crippen molar-refractivity contribution in [2.24, 2.45) is 5.41 Å². The van der Waals surface area contributed by atoms with E-state index in [4.69, 9.17) is 32.5 Å². The molecular formula is C21H21Cl2N3O3. The topological polar surface area (TPSA) is 77.3 Å². The summed E-state index contributed by atoms with van der Waals surface area (Å²) in [5.41, 5.74) is 0.795. The Morgan fingerprint density at radius 2 is 1.79 bits per heavy atom. The quantitative estimate of drug-likeness (QED) is 0.568. The van der Waals surface area contributed by atoms with Crippen LogP contribution < -0.4 is 10.1 Å². The number of halogens is 2. The number of carbonyl (C=O) groups is 1. The maximum Gasteiger partial charge on any atom is 0.252 e. The Hall–Kier alpha value is -2.57. The number of ether oxygens (including phenoxy) is 1.